The fourth-order valence-electron chi connectivity index (χ4n) is 0.685. The van der Waals surface area contributed by atoms with Gasteiger partial charge in [0.15, 0.2) is 4.91 Å². The molecule has 6 heteroatoms. The van der Waals surface area contributed by atoms with Crippen LogP contribution in [0.1, 0.15) is 13.3 Å². The third kappa shape index (κ3) is 4.20. The van der Waals surface area contributed by atoms with Crippen molar-refractivity contribution >= 4 is 16.1 Å². The highest BCUT2D eigenvalue weighted by Crippen LogP contribution is 2.07. The molecule has 0 aromatic rings. The maximum atomic E-state index is 11.1. The van der Waals surface area contributed by atoms with Crippen LogP contribution in [0.2, 0.25) is 0 Å². The third-order valence-corrected chi connectivity index (χ3v) is 2.09. The summed E-state index contributed by atoms with van der Waals surface area (Å²) in [5, 5.41) is 0. The molecule has 0 rings (SSSR count). The van der Waals surface area contributed by atoms with Gasteiger partial charge in [0.05, 0.1) is 0 Å². The molecule has 0 heterocycles. The van der Waals surface area contributed by atoms with Crippen LogP contribution in [0.15, 0.2) is 23.6 Å². The molecule has 1 N–H and O–H groups in total. The van der Waals surface area contributed by atoms with Crippen molar-refractivity contribution in [2.75, 3.05) is 6.61 Å². The van der Waals surface area contributed by atoms with Crippen molar-refractivity contribution in [3.63, 3.8) is 0 Å². The molecule has 0 radical (unpaired) electrons. The topological polar surface area (TPSA) is 80.7 Å². The second-order valence-corrected chi connectivity index (χ2v) is 3.73. The van der Waals surface area contributed by atoms with E-state index in [9.17, 15) is 13.2 Å². The second-order valence-electron chi connectivity index (χ2n) is 2.34. The highest BCUT2D eigenvalue weighted by Gasteiger charge is 2.22. The molecule has 14 heavy (non-hydrogen) atoms. The Bertz CT molecular complexity index is 339. The molecule has 0 aliphatic rings. The Morgan fingerprint density at radius 2 is 2.14 bits per heavy atom. The first-order chi connectivity index (χ1) is 6.43. The van der Waals surface area contributed by atoms with E-state index in [0.29, 0.717) is 6.42 Å². The highest BCUT2D eigenvalue weighted by atomic mass is 32.2. The van der Waals surface area contributed by atoms with Crippen LogP contribution in [0, 0.1) is 0 Å². The van der Waals surface area contributed by atoms with Gasteiger partial charge in [-0.05, 0) is 6.42 Å². The van der Waals surface area contributed by atoms with Gasteiger partial charge in [-0.1, -0.05) is 25.7 Å². The first kappa shape index (κ1) is 12.9. The Kier molecular flexibility index (Phi) is 5.11. The van der Waals surface area contributed by atoms with E-state index < -0.39 is 21.0 Å². The number of carbonyl (C=O) groups is 1. The molecular formula is C8H12O5S. The summed E-state index contributed by atoms with van der Waals surface area (Å²) >= 11 is 0. The minimum absolute atomic E-state index is 0.102. The molecular weight excluding hydrogens is 208 g/mol. The number of hydrogen-bond acceptors (Lipinski definition) is 4. The minimum Gasteiger partial charge on any atom is -0.457 e. The Balaban J connectivity index is 4.78. The van der Waals surface area contributed by atoms with Crippen molar-refractivity contribution < 1.29 is 22.5 Å². The van der Waals surface area contributed by atoms with Crippen LogP contribution in [0.3, 0.4) is 0 Å². The van der Waals surface area contributed by atoms with E-state index in [1.165, 1.54) is 6.08 Å². The monoisotopic (exact) mass is 220 g/mol. The largest absolute Gasteiger partial charge is 0.457 e. The summed E-state index contributed by atoms with van der Waals surface area (Å²) in [5.41, 5.74) is 0. The predicted molar refractivity (Wildman–Crippen MR) is 51.1 cm³/mol. The van der Waals surface area contributed by atoms with Crippen molar-refractivity contribution in [3.05, 3.63) is 23.6 Å². The number of allylic oxidation sites excluding steroid dienone is 1. The van der Waals surface area contributed by atoms with E-state index in [4.69, 9.17) is 4.55 Å². The van der Waals surface area contributed by atoms with Gasteiger partial charge in [0.1, 0.15) is 6.61 Å². The lowest BCUT2D eigenvalue weighted by molar-refractivity contribution is -0.137. The SMILES string of the molecule is C=CCOC(=O)C(=CCC)S(=O)(=O)O. The first-order valence-corrected chi connectivity index (χ1v) is 5.33. The lowest BCUT2D eigenvalue weighted by Gasteiger charge is -2.02. The predicted octanol–water partition coefficient (Wildman–Crippen LogP) is 0.897. The van der Waals surface area contributed by atoms with Gasteiger partial charge in [-0.15, -0.1) is 0 Å². The quantitative estimate of drug-likeness (QED) is 0.322. The van der Waals surface area contributed by atoms with Crippen molar-refractivity contribution in [1.29, 1.82) is 0 Å². The lowest BCUT2D eigenvalue weighted by Crippen LogP contribution is -2.15. The number of rotatable bonds is 5. The molecule has 0 fully saturated rings. The summed E-state index contributed by atoms with van der Waals surface area (Å²) in [5.74, 6) is -1.07. The molecule has 0 bridgehead atoms. The van der Waals surface area contributed by atoms with E-state index in [2.05, 4.69) is 11.3 Å². The summed E-state index contributed by atoms with van der Waals surface area (Å²) in [6, 6.07) is 0. The zero-order valence-electron chi connectivity index (χ0n) is 7.76. The summed E-state index contributed by atoms with van der Waals surface area (Å²) in [6.07, 6.45) is 2.69. The van der Waals surface area contributed by atoms with E-state index in [-0.39, 0.29) is 6.61 Å². The number of hydrogen-bond donors (Lipinski definition) is 1. The first-order valence-electron chi connectivity index (χ1n) is 3.89. The molecule has 0 saturated heterocycles. The van der Waals surface area contributed by atoms with Gasteiger partial charge in [-0.2, -0.15) is 8.42 Å². The number of esters is 1. The standard InChI is InChI=1S/C8H12O5S/c1-3-5-7(14(10,11)12)8(9)13-6-4-2/h4-5H,2-3,6H2,1H3,(H,10,11,12). The summed E-state index contributed by atoms with van der Waals surface area (Å²) in [7, 11) is -4.50. The molecule has 5 nitrogen and oxygen atoms in total. The zero-order valence-corrected chi connectivity index (χ0v) is 8.58. The van der Waals surface area contributed by atoms with Gasteiger partial charge in [-0.25, -0.2) is 4.79 Å². The third-order valence-electron chi connectivity index (χ3n) is 1.20. The van der Waals surface area contributed by atoms with Crippen molar-refractivity contribution in [1.82, 2.24) is 0 Å². The van der Waals surface area contributed by atoms with Gasteiger partial charge in [0, 0.05) is 0 Å². The van der Waals surface area contributed by atoms with Gasteiger partial charge in [0.25, 0.3) is 0 Å². The second kappa shape index (κ2) is 5.56. The maximum absolute atomic E-state index is 11.1. The van der Waals surface area contributed by atoms with Crippen LogP contribution in [0.25, 0.3) is 0 Å². The summed E-state index contributed by atoms with van der Waals surface area (Å²) in [6.45, 7) is 4.82. The highest BCUT2D eigenvalue weighted by molar-refractivity contribution is 7.90. The van der Waals surface area contributed by atoms with Crippen LogP contribution in [0.4, 0.5) is 0 Å². The zero-order chi connectivity index (χ0) is 11.2. The average Bonchev–Trinajstić information content (AvgIpc) is 2.08. The maximum Gasteiger partial charge on any atom is 0.352 e. The fourth-order valence-corrected chi connectivity index (χ4v) is 1.33. The van der Waals surface area contributed by atoms with E-state index in [1.54, 1.807) is 6.92 Å². The van der Waals surface area contributed by atoms with Crippen LogP contribution in [-0.2, 0) is 19.6 Å². The fraction of sp³-hybridized carbons (Fsp3) is 0.375. The van der Waals surface area contributed by atoms with Gasteiger partial charge < -0.3 is 4.74 Å². The normalized spacial score (nSPS) is 12.3. The molecule has 0 spiro atoms. The molecule has 0 saturated carbocycles. The minimum atomic E-state index is -4.50. The van der Waals surface area contributed by atoms with Crippen molar-refractivity contribution in [2.45, 2.75) is 13.3 Å². The molecule has 0 atom stereocenters. The Hall–Kier alpha value is -1.14. The van der Waals surface area contributed by atoms with Gasteiger partial charge >= 0.3 is 16.1 Å². The van der Waals surface area contributed by atoms with Crippen LogP contribution < -0.4 is 0 Å². The summed E-state index contributed by atoms with van der Waals surface area (Å²) in [4.78, 5) is 10.3. The number of carbonyl (C=O) groups excluding carboxylic acids is 1. The van der Waals surface area contributed by atoms with Crippen molar-refractivity contribution in [2.24, 2.45) is 0 Å². The van der Waals surface area contributed by atoms with Gasteiger partial charge in [0.2, 0.25) is 0 Å². The average molecular weight is 220 g/mol. The van der Waals surface area contributed by atoms with Crippen molar-refractivity contribution in [3.8, 4) is 0 Å². The van der Waals surface area contributed by atoms with Crippen LogP contribution >= 0.6 is 0 Å². The van der Waals surface area contributed by atoms with Crippen LogP contribution in [0.5, 0.6) is 0 Å². The van der Waals surface area contributed by atoms with E-state index >= 15 is 0 Å². The molecule has 0 aliphatic carbocycles. The van der Waals surface area contributed by atoms with Gasteiger partial charge in [-0.3, -0.25) is 4.55 Å². The molecule has 0 aliphatic heterocycles. The number of ether oxygens (including phenoxy) is 1. The Morgan fingerprint density at radius 1 is 1.57 bits per heavy atom. The molecule has 80 valence electrons. The molecule has 0 aromatic heterocycles. The molecule has 0 unspecified atom stereocenters. The molecule has 0 amide bonds. The Morgan fingerprint density at radius 3 is 2.50 bits per heavy atom. The van der Waals surface area contributed by atoms with E-state index in [1.807, 2.05) is 0 Å². The smallest absolute Gasteiger partial charge is 0.352 e. The Labute approximate surface area is 82.8 Å². The lowest BCUT2D eigenvalue weighted by atomic mass is 10.4. The van der Waals surface area contributed by atoms with Crippen LogP contribution in [-0.4, -0.2) is 25.5 Å². The molecule has 0 aromatic carbocycles. The van der Waals surface area contributed by atoms with E-state index in [0.717, 1.165) is 6.08 Å². The summed E-state index contributed by atoms with van der Waals surface area (Å²) < 4.78 is 34.5.